The van der Waals surface area contributed by atoms with E-state index >= 15 is 0 Å². The Labute approximate surface area is 123 Å². The van der Waals surface area contributed by atoms with Crippen LogP contribution in [-0.2, 0) is 4.79 Å². The van der Waals surface area contributed by atoms with E-state index in [1.807, 2.05) is 31.2 Å². The average molecular weight is 329 g/mol. The van der Waals surface area contributed by atoms with Gasteiger partial charge in [-0.25, -0.2) is 0 Å². The van der Waals surface area contributed by atoms with Crippen molar-refractivity contribution in [2.45, 2.75) is 25.8 Å². The summed E-state index contributed by atoms with van der Waals surface area (Å²) in [6.45, 7) is 3.01. The topological polar surface area (TPSA) is 55.6 Å². The number of rotatable bonds is 7. The molecule has 1 aromatic carbocycles. The number of likely N-dealkylation sites (N-methyl/N-ethyl adjacent to an activating group) is 1. The first-order chi connectivity index (χ1) is 9.04. The van der Waals surface area contributed by atoms with Crippen LogP contribution in [0.3, 0.4) is 0 Å². The molecule has 0 aliphatic heterocycles. The van der Waals surface area contributed by atoms with Gasteiger partial charge in [0.2, 0.25) is 5.91 Å². The standard InChI is InChI=1S/C14H21BrN2O2/c1-3-4-13(16)14(18)17(2)9-10-19-12-7-5-11(15)6-8-12/h5-8,13H,3-4,9-10,16H2,1-2H3. The van der Waals surface area contributed by atoms with Gasteiger partial charge in [-0.3, -0.25) is 4.79 Å². The van der Waals surface area contributed by atoms with E-state index in [4.69, 9.17) is 10.5 Å². The van der Waals surface area contributed by atoms with Crippen LogP contribution in [-0.4, -0.2) is 37.0 Å². The molecule has 5 heteroatoms. The van der Waals surface area contributed by atoms with Crippen LogP contribution in [0.5, 0.6) is 5.75 Å². The van der Waals surface area contributed by atoms with Gasteiger partial charge in [-0.1, -0.05) is 29.3 Å². The number of hydrogen-bond acceptors (Lipinski definition) is 3. The van der Waals surface area contributed by atoms with E-state index in [-0.39, 0.29) is 5.91 Å². The zero-order valence-electron chi connectivity index (χ0n) is 11.4. The molecule has 0 fully saturated rings. The van der Waals surface area contributed by atoms with Crippen LogP contribution in [0.25, 0.3) is 0 Å². The summed E-state index contributed by atoms with van der Waals surface area (Å²) in [4.78, 5) is 13.5. The van der Waals surface area contributed by atoms with Gasteiger partial charge in [0.1, 0.15) is 12.4 Å². The van der Waals surface area contributed by atoms with Gasteiger partial charge in [0.15, 0.2) is 0 Å². The minimum atomic E-state index is -0.400. The Hall–Kier alpha value is -1.07. The number of carbonyl (C=O) groups is 1. The van der Waals surface area contributed by atoms with Gasteiger partial charge in [0.25, 0.3) is 0 Å². The molecule has 0 radical (unpaired) electrons. The van der Waals surface area contributed by atoms with Crippen LogP contribution in [0.15, 0.2) is 28.7 Å². The van der Waals surface area contributed by atoms with Gasteiger partial charge in [-0.15, -0.1) is 0 Å². The summed E-state index contributed by atoms with van der Waals surface area (Å²) in [5.74, 6) is 0.767. The molecule has 0 aromatic heterocycles. The number of nitrogens with two attached hydrogens (primary N) is 1. The van der Waals surface area contributed by atoms with E-state index < -0.39 is 6.04 Å². The molecule has 1 atom stereocenters. The van der Waals surface area contributed by atoms with Crippen molar-refractivity contribution in [2.24, 2.45) is 5.73 Å². The van der Waals surface area contributed by atoms with Gasteiger partial charge in [-0.05, 0) is 30.7 Å². The van der Waals surface area contributed by atoms with E-state index in [0.717, 1.165) is 23.1 Å². The van der Waals surface area contributed by atoms with Crippen molar-refractivity contribution >= 4 is 21.8 Å². The normalized spacial score (nSPS) is 12.0. The molecule has 1 aromatic rings. The lowest BCUT2D eigenvalue weighted by molar-refractivity contribution is -0.131. The molecule has 106 valence electrons. The Balaban J connectivity index is 2.32. The van der Waals surface area contributed by atoms with Gasteiger partial charge in [-0.2, -0.15) is 0 Å². The summed E-state index contributed by atoms with van der Waals surface area (Å²) in [7, 11) is 1.75. The van der Waals surface area contributed by atoms with Crippen molar-refractivity contribution in [2.75, 3.05) is 20.2 Å². The molecule has 0 bridgehead atoms. The van der Waals surface area contributed by atoms with E-state index in [1.54, 1.807) is 11.9 Å². The third-order valence-corrected chi connectivity index (χ3v) is 3.33. The maximum atomic E-state index is 11.9. The summed E-state index contributed by atoms with van der Waals surface area (Å²) in [5.41, 5.74) is 5.79. The number of hydrogen-bond donors (Lipinski definition) is 1. The number of halogens is 1. The Kier molecular flexibility index (Phi) is 6.87. The lowest BCUT2D eigenvalue weighted by Crippen LogP contribution is -2.43. The fourth-order valence-corrected chi connectivity index (χ4v) is 1.92. The Morgan fingerprint density at radius 1 is 1.42 bits per heavy atom. The predicted octanol–water partition coefficient (Wildman–Crippen LogP) is 2.41. The number of ether oxygens (including phenoxy) is 1. The molecule has 4 nitrogen and oxygen atoms in total. The Morgan fingerprint density at radius 3 is 2.63 bits per heavy atom. The minimum absolute atomic E-state index is 0.0266. The SMILES string of the molecule is CCCC(N)C(=O)N(C)CCOc1ccc(Br)cc1. The van der Waals surface area contributed by atoms with E-state index in [0.29, 0.717) is 13.2 Å². The highest BCUT2D eigenvalue weighted by Crippen LogP contribution is 2.15. The van der Waals surface area contributed by atoms with Gasteiger partial charge in [0, 0.05) is 11.5 Å². The van der Waals surface area contributed by atoms with Crippen molar-refractivity contribution in [3.8, 4) is 5.75 Å². The van der Waals surface area contributed by atoms with Crippen molar-refractivity contribution in [1.29, 1.82) is 0 Å². The molecule has 0 spiro atoms. The highest BCUT2D eigenvalue weighted by molar-refractivity contribution is 9.10. The third-order valence-electron chi connectivity index (χ3n) is 2.80. The van der Waals surface area contributed by atoms with Crippen molar-refractivity contribution < 1.29 is 9.53 Å². The summed E-state index contributed by atoms with van der Waals surface area (Å²) >= 11 is 3.36. The average Bonchev–Trinajstić information content (AvgIpc) is 2.40. The van der Waals surface area contributed by atoms with Gasteiger partial charge in [0.05, 0.1) is 12.6 Å². The van der Waals surface area contributed by atoms with Gasteiger partial charge >= 0.3 is 0 Å². The van der Waals surface area contributed by atoms with Crippen molar-refractivity contribution in [3.05, 3.63) is 28.7 Å². The molecule has 0 aliphatic carbocycles. The summed E-state index contributed by atoms with van der Waals surface area (Å²) in [6, 6.07) is 7.20. The summed E-state index contributed by atoms with van der Waals surface area (Å²) in [5, 5.41) is 0. The lowest BCUT2D eigenvalue weighted by atomic mass is 10.1. The van der Waals surface area contributed by atoms with Crippen LogP contribution in [0, 0.1) is 0 Å². The first-order valence-electron chi connectivity index (χ1n) is 6.43. The van der Waals surface area contributed by atoms with Crippen LogP contribution in [0.1, 0.15) is 19.8 Å². The molecule has 19 heavy (non-hydrogen) atoms. The molecular weight excluding hydrogens is 308 g/mol. The monoisotopic (exact) mass is 328 g/mol. The molecule has 0 aliphatic rings. The maximum Gasteiger partial charge on any atom is 0.239 e. The third kappa shape index (κ3) is 5.61. The maximum absolute atomic E-state index is 11.9. The zero-order valence-corrected chi connectivity index (χ0v) is 13.0. The second kappa shape index (κ2) is 8.17. The quantitative estimate of drug-likeness (QED) is 0.836. The Morgan fingerprint density at radius 2 is 2.05 bits per heavy atom. The van der Waals surface area contributed by atoms with Gasteiger partial charge < -0.3 is 15.4 Å². The highest BCUT2D eigenvalue weighted by Gasteiger charge is 2.16. The highest BCUT2D eigenvalue weighted by atomic mass is 79.9. The first kappa shape index (κ1) is 16.0. The van der Waals surface area contributed by atoms with Crippen LogP contribution < -0.4 is 10.5 Å². The van der Waals surface area contributed by atoms with Crippen molar-refractivity contribution in [1.82, 2.24) is 4.90 Å². The van der Waals surface area contributed by atoms with Crippen LogP contribution in [0.2, 0.25) is 0 Å². The zero-order chi connectivity index (χ0) is 14.3. The first-order valence-corrected chi connectivity index (χ1v) is 7.22. The van der Waals surface area contributed by atoms with E-state index in [2.05, 4.69) is 15.9 Å². The number of carbonyl (C=O) groups excluding carboxylic acids is 1. The molecule has 2 N–H and O–H groups in total. The summed E-state index contributed by atoms with van der Waals surface area (Å²) < 4.78 is 6.58. The fraction of sp³-hybridized carbons (Fsp3) is 0.500. The largest absolute Gasteiger partial charge is 0.492 e. The van der Waals surface area contributed by atoms with Crippen LogP contribution >= 0.6 is 15.9 Å². The van der Waals surface area contributed by atoms with E-state index in [9.17, 15) is 4.79 Å². The minimum Gasteiger partial charge on any atom is -0.492 e. The molecule has 1 rings (SSSR count). The van der Waals surface area contributed by atoms with E-state index in [1.165, 1.54) is 0 Å². The Bertz CT molecular complexity index is 395. The molecule has 1 amide bonds. The second-order valence-corrected chi connectivity index (χ2v) is 5.37. The molecule has 1 unspecified atom stereocenters. The molecule has 0 heterocycles. The fourth-order valence-electron chi connectivity index (χ4n) is 1.66. The number of benzene rings is 1. The molecule has 0 saturated carbocycles. The van der Waals surface area contributed by atoms with Crippen LogP contribution in [0.4, 0.5) is 0 Å². The molecular formula is C14H21BrN2O2. The lowest BCUT2D eigenvalue weighted by Gasteiger charge is -2.21. The molecule has 0 saturated heterocycles. The summed E-state index contributed by atoms with van der Waals surface area (Å²) in [6.07, 6.45) is 1.63. The van der Waals surface area contributed by atoms with Crippen molar-refractivity contribution in [3.63, 3.8) is 0 Å². The number of nitrogens with zero attached hydrogens (tertiary/aromatic N) is 1. The second-order valence-electron chi connectivity index (χ2n) is 4.46. The smallest absolute Gasteiger partial charge is 0.239 e. The number of amides is 1. The predicted molar refractivity (Wildman–Crippen MR) is 80.2 cm³/mol.